The SMILES string of the molecule is C=CCn1c(COc2cccc(C)c2)nnc1S[C@@H](C)C(=O)NCC. The first kappa shape index (κ1) is 19.1. The molecular formula is C18H24N4O2S. The molecule has 0 aliphatic rings. The monoisotopic (exact) mass is 360 g/mol. The number of carbonyl (C=O) groups excluding carboxylic acids is 1. The molecule has 0 unspecified atom stereocenters. The van der Waals surface area contributed by atoms with Crippen molar-refractivity contribution in [2.24, 2.45) is 0 Å². The fourth-order valence-corrected chi connectivity index (χ4v) is 3.11. The summed E-state index contributed by atoms with van der Waals surface area (Å²) in [7, 11) is 0. The van der Waals surface area contributed by atoms with Gasteiger partial charge >= 0.3 is 0 Å². The maximum absolute atomic E-state index is 11.9. The predicted molar refractivity (Wildman–Crippen MR) is 99.7 cm³/mol. The van der Waals surface area contributed by atoms with Crippen molar-refractivity contribution in [1.82, 2.24) is 20.1 Å². The molecule has 0 aliphatic heterocycles. The lowest BCUT2D eigenvalue weighted by atomic mass is 10.2. The van der Waals surface area contributed by atoms with E-state index in [1.54, 1.807) is 6.08 Å². The Bertz CT molecular complexity index is 730. The summed E-state index contributed by atoms with van der Waals surface area (Å²) in [5, 5.41) is 11.7. The van der Waals surface area contributed by atoms with E-state index < -0.39 is 0 Å². The van der Waals surface area contributed by atoms with Crippen molar-refractivity contribution in [3.63, 3.8) is 0 Å². The summed E-state index contributed by atoms with van der Waals surface area (Å²) in [6.45, 7) is 11.0. The van der Waals surface area contributed by atoms with Gasteiger partial charge in [-0.05, 0) is 38.5 Å². The number of nitrogens with zero attached hydrogens (tertiary/aromatic N) is 3. The minimum atomic E-state index is -0.252. The lowest BCUT2D eigenvalue weighted by Crippen LogP contribution is -2.30. The Morgan fingerprint density at radius 3 is 2.96 bits per heavy atom. The number of amides is 1. The Morgan fingerprint density at radius 2 is 2.28 bits per heavy atom. The molecule has 2 rings (SSSR count). The largest absolute Gasteiger partial charge is 0.486 e. The first-order valence-electron chi connectivity index (χ1n) is 8.22. The zero-order valence-electron chi connectivity index (χ0n) is 14.9. The van der Waals surface area contributed by atoms with Crippen LogP contribution in [-0.4, -0.2) is 32.5 Å². The maximum Gasteiger partial charge on any atom is 0.233 e. The van der Waals surface area contributed by atoms with E-state index in [1.165, 1.54) is 11.8 Å². The molecule has 1 aromatic carbocycles. The van der Waals surface area contributed by atoms with E-state index in [-0.39, 0.29) is 11.2 Å². The highest BCUT2D eigenvalue weighted by Crippen LogP contribution is 2.23. The Balaban J connectivity index is 2.09. The number of allylic oxidation sites excluding steroid dienone is 1. The van der Waals surface area contributed by atoms with Crippen LogP contribution in [-0.2, 0) is 17.9 Å². The zero-order valence-corrected chi connectivity index (χ0v) is 15.7. The van der Waals surface area contributed by atoms with Gasteiger partial charge in [0.1, 0.15) is 12.4 Å². The minimum Gasteiger partial charge on any atom is -0.486 e. The molecule has 0 bridgehead atoms. The second kappa shape index (κ2) is 9.27. The second-order valence-electron chi connectivity index (χ2n) is 5.56. The van der Waals surface area contributed by atoms with Gasteiger partial charge in [-0.3, -0.25) is 9.36 Å². The smallest absolute Gasteiger partial charge is 0.233 e. The summed E-state index contributed by atoms with van der Waals surface area (Å²) in [6, 6.07) is 7.86. The van der Waals surface area contributed by atoms with Gasteiger partial charge in [0.15, 0.2) is 11.0 Å². The van der Waals surface area contributed by atoms with E-state index in [2.05, 4.69) is 22.1 Å². The summed E-state index contributed by atoms with van der Waals surface area (Å²) in [5.74, 6) is 1.48. The molecule has 0 fully saturated rings. The van der Waals surface area contributed by atoms with Crippen LogP contribution >= 0.6 is 11.8 Å². The first-order valence-corrected chi connectivity index (χ1v) is 9.10. The van der Waals surface area contributed by atoms with Crippen LogP contribution < -0.4 is 10.1 Å². The Kier molecular flexibility index (Phi) is 7.06. The average Bonchev–Trinajstić information content (AvgIpc) is 2.95. The van der Waals surface area contributed by atoms with Crippen LogP contribution in [0.4, 0.5) is 0 Å². The molecule has 0 saturated heterocycles. The van der Waals surface area contributed by atoms with E-state index >= 15 is 0 Å². The number of hydrogen-bond donors (Lipinski definition) is 1. The van der Waals surface area contributed by atoms with Crippen molar-refractivity contribution >= 4 is 17.7 Å². The van der Waals surface area contributed by atoms with Crippen molar-refractivity contribution in [2.75, 3.05) is 6.54 Å². The lowest BCUT2D eigenvalue weighted by molar-refractivity contribution is -0.120. The van der Waals surface area contributed by atoms with Crippen LogP contribution in [0.15, 0.2) is 42.1 Å². The van der Waals surface area contributed by atoms with Gasteiger partial charge in [-0.2, -0.15) is 0 Å². The highest BCUT2D eigenvalue weighted by molar-refractivity contribution is 8.00. The van der Waals surface area contributed by atoms with Gasteiger partial charge in [-0.15, -0.1) is 16.8 Å². The summed E-state index contributed by atoms with van der Waals surface area (Å²) in [6.07, 6.45) is 1.78. The summed E-state index contributed by atoms with van der Waals surface area (Å²) in [4.78, 5) is 11.9. The molecule has 1 amide bonds. The number of aryl methyl sites for hydroxylation is 1. The van der Waals surface area contributed by atoms with Crippen molar-refractivity contribution < 1.29 is 9.53 Å². The molecule has 1 aromatic heterocycles. The molecule has 1 N–H and O–H groups in total. The molecular weight excluding hydrogens is 336 g/mol. The van der Waals surface area contributed by atoms with E-state index in [9.17, 15) is 4.79 Å². The molecule has 1 heterocycles. The van der Waals surface area contributed by atoms with Gasteiger partial charge in [0.2, 0.25) is 5.91 Å². The van der Waals surface area contributed by atoms with Crippen molar-refractivity contribution in [3.05, 3.63) is 48.3 Å². The number of ether oxygens (including phenoxy) is 1. The zero-order chi connectivity index (χ0) is 18.2. The van der Waals surface area contributed by atoms with Crippen LogP contribution in [0.5, 0.6) is 5.75 Å². The molecule has 0 aliphatic carbocycles. The summed E-state index contributed by atoms with van der Waals surface area (Å²) in [5.41, 5.74) is 1.14. The van der Waals surface area contributed by atoms with Gasteiger partial charge in [0.25, 0.3) is 0 Å². The van der Waals surface area contributed by atoms with Crippen molar-refractivity contribution in [1.29, 1.82) is 0 Å². The van der Waals surface area contributed by atoms with E-state index in [0.29, 0.717) is 30.7 Å². The molecule has 25 heavy (non-hydrogen) atoms. The Morgan fingerprint density at radius 1 is 1.48 bits per heavy atom. The molecule has 7 heteroatoms. The van der Waals surface area contributed by atoms with Gasteiger partial charge in [0.05, 0.1) is 5.25 Å². The highest BCUT2D eigenvalue weighted by Gasteiger charge is 2.19. The van der Waals surface area contributed by atoms with Crippen LogP contribution in [0.25, 0.3) is 0 Å². The van der Waals surface area contributed by atoms with Crippen molar-refractivity contribution in [2.45, 2.75) is 44.3 Å². The number of hydrogen-bond acceptors (Lipinski definition) is 5. The standard InChI is InChI=1S/C18H24N4O2S/c1-5-10-22-16(12-24-15-9-7-8-13(3)11-15)20-21-18(22)25-14(4)17(23)19-6-2/h5,7-9,11,14H,1,6,10,12H2,2-4H3,(H,19,23)/t14-/m0/s1. The third-order valence-corrected chi connectivity index (χ3v) is 4.55. The predicted octanol–water partition coefficient (Wildman–Crippen LogP) is 2.97. The van der Waals surface area contributed by atoms with Gasteiger partial charge in [-0.25, -0.2) is 0 Å². The number of benzene rings is 1. The number of aromatic nitrogens is 3. The third-order valence-electron chi connectivity index (χ3n) is 3.47. The molecule has 1 atom stereocenters. The fourth-order valence-electron chi connectivity index (χ4n) is 2.21. The maximum atomic E-state index is 11.9. The quantitative estimate of drug-likeness (QED) is 0.550. The lowest BCUT2D eigenvalue weighted by Gasteiger charge is -2.12. The molecule has 0 saturated carbocycles. The van der Waals surface area contributed by atoms with E-state index in [0.717, 1.165) is 11.3 Å². The number of thioether (sulfide) groups is 1. The first-order chi connectivity index (χ1) is 12.0. The van der Waals surface area contributed by atoms with Crippen LogP contribution in [0.1, 0.15) is 25.2 Å². The van der Waals surface area contributed by atoms with Crippen molar-refractivity contribution in [3.8, 4) is 5.75 Å². The second-order valence-corrected chi connectivity index (χ2v) is 6.87. The Labute approximate surface area is 152 Å². The molecule has 0 radical (unpaired) electrons. The van der Waals surface area contributed by atoms with Crippen LogP contribution in [0, 0.1) is 6.92 Å². The molecule has 134 valence electrons. The van der Waals surface area contributed by atoms with Crippen LogP contribution in [0.2, 0.25) is 0 Å². The van der Waals surface area contributed by atoms with E-state index in [4.69, 9.17) is 4.74 Å². The Hall–Kier alpha value is -2.28. The average molecular weight is 360 g/mol. The minimum absolute atomic E-state index is 0.0155. The van der Waals surface area contributed by atoms with Gasteiger partial charge in [0, 0.05) is 13.1 Å². The number of rotatable bonds is 9. The summed E-state index contributed by atoms with van der Waals surface area (Å²) >= 11 is 1.38. The fraction of sp³-hybridized carbons (Fsp3) is 0.389. The summed E-state index contributed by atoms with van der Waals surface area (Å²) < 4.78 is 7.74. The normalized spacial score (nSPS) is 11.8. The van der Waals surface area contributed by atoms with Gasteiger partial charge < -0.3 is 10.1 Å². The molecule has 6 nitrogen and oxygen atoms in total. The number of carbonyl (C=O) groups is 1. The molecule has 0 spiro atoms. The number of nitrogens with one attached hydrogen (secondary N) is 1. The van der Waals surface area contributed by atoms with E-state index in [1.807, 2.05) is 49.6 Å². The third kappa shape index (κ3) is 5.35. The highest BCUT2D eigenvalue weighted by atomic mass is 32.2. The van der Waals surface area contributed by atoms with Gasteiger partial charge in [-0.1, -0.05) is 30.0 Å². The topological polar surface area (TPSA) is 69.0 Å². The van der Waals surface area contributed by atoms with Crippen LogP contribution in [0.3, 0.4) is 0 Å². The molecule has 2 aromatic rings.